The van der Waals surface area contributed by atoms with Crippen molar-refractivity contribution in [2.45, 2.75) is 6.92 Å². The normalized spacial score (nSPS) is 7.56. The van der Waals surface area contributed by atoms with Gasteiger partial charge in [-0.2, -0.15) is 5.26 Å². The average Bonchev–Trinajstić information content (AvgIpc) is 1.27. The zero-order valence-electron chi connectivity index (χ0n) is 5.34. The monoisotopic (exact) mass is 192 g/mol. The molecular weight excluding hydrogens is 188 g/mol. The molecule has 1 radical (unpaired) electrons. The molecule has 0 aromatic heterocycles. The summed E-state index contributed by atoms with van der Waals surface area (Å²) in [5, 5.41) is 7.32. The van der Waals surface area contributed by atoms with Crippen LogP contribution in [-0.4, -0.2) is 7.25 Å². The number of hydrogen-bond acceptors (Lipinski definition) is 1. The second kappa shape index (κ2) is 7.79. The van der Waals surface area contributed by atoms with Gasteiger partial charge < -0.3 is 17.3 Å². The molecule has 9 heavy (non-hydrogen) atoms. The van der Waals surface area contributed by atoms with Gasteiger partial charge in [0.2, 0.25) is 0 Å². The smallest absolute Gasteiger partial charge is 0.418 e. The molecule has 0 N–H and O–H groups in total. The fourth-order valence-corrected chi connectivity index (χ4v) is 0. The van der Waals surface area contributed by atoms with Crippen molar-refractivity contribution < 1.29 is 35.8 Å². The van der Waals surface area contributed by atoms with E-state index >= 15 is 0 Å². The molecule has 1 nitrogen and oxygen atoms in total. The molecular formula is C2H4BCuF4N. The maximum absolute atomic E-state index is 9.75. The van der Waals surface area contributed by atoms with Crippen molar-refractivity contribution in [2.75, 3.05) is 0 Å². The predicted octanol–water partition coefficient (Wildman–Crippen LogP) is 1.94. The molecule has 0 bridgehead atoms. The first-order valence-electron chi connectivity index (χ1n) is 1.60. The van der Waals surface area contributed by atoms with Crippen LogP contribution in [0, 0.1) is 11.3 Å². The van der Waals surface area contributed by atoms with Gasteiger partial charge >= 0.3 is 8.68 Å². The van der Waals surface area contributed by atoms with Gasteiger partial charge in [-0.15, -0.1) is 0 Å². The van der Waals surface area contributed by atoms with Crippen LogP contribution in [-0.2, 0) is 17.1 Å². The van der Waals surface area contributed by atoms with Crippen molar-refractivity contribution >= 4 is 7.25 Å². The largest absolute Gasteiger partial charge is 1.00 e. The van der Waals surface area contributed by atoms with Crippen LogP contribution in [0.4, 0.5) is 17.3 Å². The minimum atomic E-state index is -6.00. The SMILES string of the molecule is CC#N.F[B-](F)(F)F.[Cu].[H+]. The molecule has 0 saturated heterocycles. The molecule has 0 rings (SSSR count). The van der Waals surface area contributed by atoms with Crippen molar-refractivity contribution in [1.29, 1.82) is 5.26 Å². The molecule has 0 fully saturated rings. The Labute approximate surface area is 62.1 Å². The third-order valence-electron chi connectivity index (χ3n) is 0. The number of rotatable bonds is 0. The predicted molar refractivity (Wildman–Crippen MR) is 22.6 cm³/mol. The summed E-state index contributed by atoms with van der Waals surface area (Å²) in [4.78, 5) is 0. The molecule has 0 unspecified atom stereocenters. The Morgan fingerprint density at radius 1 is 1.33 bits per heavy atom. The van der Waals surface area contributed by atoms with Crippen molar-refractivity contribution in [3.63, 3.8) is 0 Å². The molecule has 0 aromatic carbocycles. The first kappa shape index (κ1) is 15.9. The van der Waals surface area contributed by atoms with Crippen LogP contribution in [0.15, 0.2) is 0 Å². The van der Waals surface area contributed by atoms with E-state index in [4.69, 9.17) is 5.26 Å². The van der Waals surface area contributed by atoms with E-state index < -0.39 is 7.25 Å². The summed E-state index contributed by atoms with van der Waals surface area (Å²) in [6.07, 6.45) is 0. The molecule has 0 spiro atoms. The summed E-state index contributed by atoms with van der Waals surface area (Å²) < 4.78 is 39.0. The molecule has 59 valence electrons. The summed E-state index contributed by atoms with van der Waals surface area (Å²) >= 11 is 0. The van der Waals surface area contributed by atoms with Crippen LogP contribution in [0.5, 0.6) is 0 Å². The maximum atomic E-state index is 9.75. The molecule has 0 heterocycles. The Balaban J connectivity index is -0.0000000326. The Morgan fingerprint density at radius 2 is 1.33 bits per heavy atom. The standard InChI is InChI=1S/C2H3N.BF4.Cu/c1-2-3;2-1(3,4)5;/h1H3;;/q;-1;/p+1. The van der Waals surface area contributed by atoms with Gasteiger partial charge in [-0.1, -0.05) is 0 Å². The average molecular weight is 192 g/mol. The van der Waals surface area contributed by atoms with Crippen molar-refractivity contribution in [2.24, 2.45) is 0 Å². The molecule has 0 aromatic rings. The maximum Gasteiger partial charge on any atom is 1.00 e. The van der Waals surface area contributed by atoms with Crippen molar-refractivity contribution in [1.82, 2.24) is 0 Å². The molecule has 0 atom stereocenters. The van der Waals surface area contributed by atoms with Gasteiger partial charge in [0.1, 0.15) is 0 Å². The second-order valence-corrected chi connectivity index (χ2v) is 0.718. The summed E-state index contributed by atoms with van der Waals surface area (Å²) in [5.74, 6) is 0. The first-order chi connectivity index (χ1) is 3.41. The number of halogens is 4. The van der Waals surface area contributed by atoms with Crippen molar-refractivity contribution in [3.05, 3.63) is 0 Å². The Bertz CT molecular complexity index is 84.2. The van der Waals surface area contributed by atoms with Crippen LogP contribution in [0.2, 0.25) is 0 Å². The molecule has 0 saturated carbocycles. The van der Waals surface area contributed by atoms with E-state index in [-0.39, 0.29) is 18.5 Å². The Hall–Kier alpha value is -0.206. The van der Waals surface area contributed by atoms with Crippen LogP contribution in [0.3, 0.4) is 0 Å². The van der Waals surface area contributed by atoms with E-state index in [2.05, 4.69) is 0 Å². The van der Waals surface area contributed by atoms with E-state index in [9.17, 15) is 17.3 Å². The molecule has 0 aliphatic heterocycles. The van der Waals surface area contributed by atoms with E-state index in [1.165, 1.54) is 6.92 Å². The van der Waals surface area contributed by atoms with Gasteiger partial charge in [0.05, 0.1) is 6.07 Å². The van der Waals surface area contributed by atoms with Gasteiger partial charge in [-0.3, -0.25) is 0 Å². The van der Waals surface area contributed by atoms with Gasteiger partial charge in [-0.05, 0) is 0 Å². The van der Waals surface area contributed by atoms with Gasteiger partial charge in [0, 0.05) is 24.0 Å². The zero-order valence-corrected chi connectivity index (χ0v) is 5.28. The van der Waals surface area contributed by atoms with Crippen LogP contribution in [0.1, 0.15) is 8.35 Å². The van der Waals surface area contributed by atoms with Gasteiger partial charge in [0.25, 0.3) is 0 Å². The Kier molecular flexibility index (Phi) is 13.8. The topological polar surface area (TPSA) is 23.8 Å². The number of nitriles is 1. The summed E-state index contributed by atoms with van der Waals surface area (Å²) in [6.45, 7) is 1.43. The molecule has 7 heteroatoms. The second-order valence-electron chi connectivity index (χ2n) is 0.718. The first-order valence-corrected chi connectivity index (χ1v) is 1.60. The summed E-state index contributed by atoms with van der Waals surface area (Å²) in [6, 6.07) is 1.75. The van der Waals surface area contributed by atoms with E-state index in [0.29, 0.717) is 0 Å². The van der Waals surface area contributed by atoms with Crippen LogP contribution < -0.4 is 0 Å². The minimum Gasteiger partial charge on any atom is -0.418 e. The fourth-order valence-electron chi connectivity index (χ4n) is 0. The van der Waals surface area contributed by atoms with Crippen molar-refractivity contribution in [3.8, 4) is 6.07 Å². The summed E-state index contributed by atoms with van der Waals surface area (Å²) in [5.41, 5.74) is 0. The minimum absolute atomic E-state index is 0. The van der Waals surface area contributed by atoms with E-state index in [1.54, 1.807) is 6.07 Å². The summed E-state index contributed by atoms with van der Waals surface area (Å²) in [7, 11) is -6.00. The van der Waals surface area contributed by atoms with E-state index in [1.807, 2.05) is 0 Å². The molecule has 0 aliphatic rings. The molecule has 0 aliphatic carbocycles. The van der Waals surface area contributed by atoms with Gasteiger partial charge in [0.15, 0.2) is 0 Å². The zero-order chi connectivity index (χ0) is 7.21. The number of hydrogen-bond donors (Lipinski definition) is 0. The van der Waals surface area contributed by atoms with Gasteiger partial charge in [-0.25, -0.2) is 0 Å². The number of nitrogens with zero attached hydrogens (tertiary/aromatic N) is 1. The third-order valence-corrected chi connectivity index (χ3v) is 0. The quantitative estimate of drug-likeness (QED) is 0.425. The van der Waals surface area contributed by atoms with Crippen LogP contribution in [0.25, 0.3) is 0 Å². The Morgan fingerprint density at radius 3 is 1.33 bits per heavy atom. The van der Waals surface area contributed by atoms with Crippen LogP contribution >= 0.6 is 0 Å². The third kappa shape index (κ3) is 6190. The van der Waals surface area contributed by atoms with E-state index in [0.717, 1.165) is 0 Å². The molecule has 0 amide bonds. The fraction of sp³-hybridized carbons (Fsp3) is 0.500.